The number of ether oxygens (including phenoxy) is 2. The van der Waals surface area contributed by atoms with Gasteiger partial charge in [-0.15, -0.1) is 12.4 Å². The van der Waals surface area contributed by atoms with E-state index in [1.807, 2.05) is 43.3 Å². The minimum Gasteiger partial charge on any atom is -0.458 e. The molecule has 3 atom stereocenters. The Morgan fingerprint density at radius 2 is 1.59 bits per heavy atom. The zero-order chi connectivity index (χ0) is 20.1. The van der Waals surface area contributed by atoms with Gasteiger partial charge in [-0.05, 0) is 18.1 Å². The highest BCUT2D eigenvalue weighted by molar-refractivity contribution is 5.85. The highest BCUT2D eigenvalue weighted by Crippen LogP contribution is 2.39. The van der Waals surface area contributed by atoms with E-state index in [1.54, 1.807) is 0 Å². The molecule has 156 valence electrons. The van der Waals surface area contributed by atoms with Gasteiger partial charge in [-0.3, -0.25) is 14.5 Å². The van der Waals surface area contributed by atoms with Crippen LogP contribution in [-0.4, -0.2) is 35.1 Å². The molecule has 0 unspecified atom stereocenters. The maximum Gasteiger partial charge on any atom is 0.303 e. The minimum atomic E-state index is -0.905. The van der Waals surface area contributed by atoms with E-state index in [0.29, 0.717) is 19.5 Å². The molecule has 0 N–H and O–H groups in total. The maximum atomic E-state index is 11.8. The molecule has 1 aliphatic rings. The molecule has 0 aromatic heterocycles. The van der Waals surface area contributed by atoms with Crippen LogP contribution in [0.5, 0.6) is 0 Å². The van der Waals surface area contributed by atoms with Gasteiger partial charge in [0.1, 0.15) is 6.10 Å². The third-order valence-corrected chi connectivity index (χ3v) is 5.17. The predicted octanol–water partition coefficient (Wildman–Crippen LogP) is 4.31. The molecule has 0 radical (unpaired) electrons. The number of halogens is 1. The van der Waals surface area contributed by atoms with Crippen LogP contribution in [-0.2, 0) is 25.6 Å². The molecule has 0 saturated carbocycles. The molecule has 2 aromatic rings. The molecule has 0 spiro atoms. The van der Waals surface area contributed by atoms with Crippen LogP contribution in [0.25, 0.3) is 0 Å². The lowest BCUT2D eigenvalue weighted by atomic mass is 9.83. The van der Waals surface area contributed by atoms with Crippen LogP contribution in [0.1, 0.15) is 44.4 Å². The van der Waals surface area contributed by atoms with Gasteiger partial charge in [-0.2, -0.15) is 0 Å². The Kier molecular flexibility index (Phi) is 7.82. The van der Waals surface area contributed by atoms with Crippen molar-refractivity contribution in [2.75, 3.05) is 6.54 Å². The van der Waals surface area contributed by atoms with Crippen molar-refractivity contribution in [3.05, 3.63) is 71.8 Å². The van der Waals surface area contributed by atoms with Gasteiger partial charge in [0, 0.05) is 39.4 Å². The Balaban J connectivity index is 0.00000300. The van der Waals surface area contributed by atoms with Gasteiger partial charge in [-0.1, -0.05) is 60.7 Å². The van der Waals surface area contributed by atoms with Crippen molar-refractivity contribution in [3.63, 3.8) is 0 Å². The summed E-state index contributed by atoms with van der Waals surface area (Å²) in [4.78, 5) is 25.8. The van der Waals surface area contributed by atoms with Crippen molar-refractivity contribution in [2.45, 2.75) is 51.5 Å². The monoisotopic (exact) mass is 417 g/mol. The number of likely N-dealkylation sites (tertiary alicyclic amines) is 1. The Bertz CT molecular complexity index is 814. The van der Waals surface area contributed by atoms with E-state index in [0.717, 1.165) is 5.56 Å². The van der Waals surface area contributed by atoms with Crippen molar-refractivity contribution in [2.24, 2.45) is 0 Å². The molecular formula is C23H28ClNO4. The van der Waals surface area contributed by atoms with Gasteiger partial charge >= 0.3 is 11.9 Å². The second-order valence-electron chi connectivity index (χ2n) is 7.56. The van der Waals surface area contributed by atoms with Crippen molar-refractivity contribution < 1.29 is 19.1 Å². The summed E-state index contributed by atoms with van der Waals surface area (Å²) in [5.74, 6) is -0.746. The number of benzene rings is 2. The number of piperidine rings is 1. The van der Waals surface area contributed by atoms with Crippen molar-refractivity contribution in [1.82, 2.24) is 4.90 Å². The number of esters is 2. The normalized spacial score (nSPS) is 24.2. The number of carbonyl (C=O) groups is 2. The molecule has 1 saturated heterocycles. The maximum absolute atomic E-state index is 11.8. The van der Waals surface area contributed by atoms with Crippen molar-refractivity contribution >= 4 is 24.3 Å². The summed E-state index contributed by atoms with van der Waals surface area (Å²) in [6.07, 6.45) is 0.0475. The van der Waals surface area contributed by atoms with Gasteiger partial charge in [-0.25, -0.2) is 0 Å². The van der Waals surface area contributed by atoms with Gasteiger partial charge in [0.2, 0.25) is 0 Å². The first-order chi connectivity index (χ1) is 13.4. The van der Waals surface area contributed by atoms with E-state index in [-0.39, 0.29) is 30.4 Å². The number of hydrogen-bond donors (Lipinski definition) is 0. The van der Waals surface area contributed by atoms with E-state index in [4.69, 9.17) is 9.47 Å². The van der Waals surface area contributed by atoms with Crippen LogP contribution >= 0.6 is 12.4 Å². The number of carbonyl (C=O) groups excluding carboxylic acids is 2. The standard InChI is InChI=1S/C23H27NO4.ClH/c1-17(25)27-22-14-21(20-12-8-5-9-13-20)24(15-19-10-6-4-7-11-19)16-23(22,3)28-18(2)26;/h4-13,21-22H,14-16H2,1-3H3;1H/t21-,22+,23-;/m1./s1. The van der Waals surface area contributed by atoms with Crippen LogP contribution in [0.3, 0.4) is 0 Å². The van der Waals surface area contributed by atoms with Crippen molar-refractivity contribution in [1.29, 1.82) is 0 Å². The fourth-order valence-electron chi connectivity index (χ4n) is 4.02. The second-order valence-corrected chi connectivity index (χ2v) is 7.56. The zero-order valence-electron chi connectivity index (χ0n) is 17.0. The molecular weight excluding hydrogens is 390 g/mol. The number of hydrogen-bond acceptors (Lipinski definition) is 5. The lowest BCUT2D eigenvalue weighted by Crippen LogP contribution is -2.59. The van der Waals surface area contributed by atoms with Gasteiger partial charge in [0.25, 0.3) is 0 Å². The van der Waals surface area contributed by atoms with Crippen molar-refractivity contribution in [3.8, 4) is 0 Å². The molecule has 2 aromatic carbocycles. The van der Waals surface area contributed by atoms with E-state index in [2.05, 4.69) is 29.2 Å². The molecule has 0 aliphatic carbocycles. The van der Waals surface area contributed by atoms with Crippen LogP contribution in [0.4, 0.5) is 0 Å². The zero-order valence-corrected chi connectivity index (χ0v) is 17.9. The summed E-state index contributed by atoms with van der Waals surface area (Å²) in [6.45, 7) is 5.81. The number of rotatable bonds is 5. The lowest BCUT2D eigenvalue weighted by Gasteiger charge is -2.48. The SMILES string of the molecule is CC(=O)O[C@H]1C[C@H](c2ccccc2)N(Cc2ccccc2)C[C@@]1(C)OC(C)=O.Cl. The van der Waals surface area contributed by atoms with Crippen LogP contribution in [0.15, 0.2) is 60.7 Å². The van der Waals surface area contributed by atoms with E-state index < -0.39 is 11.7 Å². The number of nitrogens with zero attached hydrogens (tertiary/aromatic N) is 1. The predicted molar refractivity (Wildman–Crippen MR) is 114 cm³/mol. The largest absolute Gasteiger partial charge is 0.458 e. The first-order valence-corrected chi connectivity index (χ1v) is 9.57. The van der Waals surface area contributed by atoms with E-state index >= 15 is 0 Å². The molecule has 1 fully saturated rings. The quantitative estimate of drug-likeness (QED) is 0.678. The molecule has 1 aliphatic heterocycles. The first-order valence-electron chi connectivity index (χ1n) is 9.57. The third kappa shape index (κ3) is 5.81. The average Bonchev–Trinajstić information content (AvgIpc) is 2.64. The van der Waals surface area contributed by atoms with Gasteiger partial charge in [0.15, 0.2) is 5.60 Å². The fourth-order valence-corrected chi connectivity index (χ4v) is 4.02. The smallest absolute Gasteiger partial charge is 0.303 e. The Labute approximate surface area is 178 Å². The average molecular weight is 418 g/mol. The molecule has 0 bridgehead atoms. The summed E-state index contributed by atoms with van der Waals surface area (Å²) >= 11 is 0. The van der Waals surface area contributed by atoms with E-state index in [9.17, 15) is 9.59 Å². The summed E-state index contributed by atoms with van der Waals surface area (Å²) in [5, 5.41) is 0. The molecule has 1 heterocycles. The molecule has 6 heteroatoms. The first kappa shape index (κ1) is 22.9. The lowest BCUT2D eigenvalue weighted by molar-refractivity contribution is -0.198. The van der Waals surface area contributed by atoms with Gasteiger partial charge in [0.05, 0.1) is 0 Å². The topological polar surface area (TPSA) is 55.8 Å². The Hall–Kier alpha value is -2.37. The third-order valence-electron chi connectivity index (χ3n) is 5.17. The summed E-state index contributed by atoms with van der Waals surface area (Å²) < 4.78 is 11.3. The highest BCUT2D eigenvalue weighted by atomic mass is 35.5. The summed E-state index contributed by atoms with van der Waals surface area (Å²) in [6, 6.07) is 20.4. The summed E-state index contributed by atoms with van der Waals surface area (Å²) in [7, 11) is 0. The molecule has 29 heavy (non-hydrogen) atoms. The van der Waals surface area contributed by atoms with Crippen LogP contribution in [0, 0.1) is 0 Å². The minimum absolute atomic E-state index is 0. The summed E-state index contributed by atoms with van der Waals surface area (Å²) in [5.41, 5.74) is 1.43. The fraction of sp³-hybridized carbons (Fsp3) is 0.391. The molecule has 5 nitrogen and oxygen atoms in total. The molecule has 0 amide bonds. The molecule has 3 rings (SSSR count). The second kappa shape index (κ2) is 9.90. The van der Waals surface area contributed by atoms with E-state index in [1.165, 1.54) is 19.4 Å². The van der Waals surface area contributed by atoms with Crippen LogP contribution < -0.4 is 0 Å². The van der Waals surface area contributed by atoms with Gasteiger partial charge < -0.3 is 9.47 Å². The Morgan fingerprint density at radius 3 is 2.14 bits per heavy atom. The highest BCUT2D eigenvalue weighted by Gasteiger charge is 2.48. The Morgan fingerprint density at radius 1 is 1.00 bits per heavy atom. The van der Waals surface area contributed by atoms with Crippen LogP contribution in [0.2, 0.25) is 0 Å².